The third-order valence-corrected chi connectivity index (χ3v) is 4.34. The molecule has 1 heterocycles. The number of carbonyl (C=O) groups excluding carboxylic acids is 1. The molecule has 20 heavy (non-hydrogen) atoms. The molecular weight excluding hydrogens is 292 g/mol. The summed E-state index contributed by atoms with van der Waals surface area (Å²) in [7, 11) is 3.42. The Morgan fingerprint density at radius 3 is 2.80 bits per heavy atom. The van der Waals surface area contributed by atoms with Crippen LogP contribution in [0.5, 0.6) is 0 Å². The van der Waals surface area contributed by atoms with E-state index in [1.165, 1.54) is 0 Å². The second-order valence-corrected chi connectivity index (χ2v) is 7.60. The van der Waals surface area contributed by atoms with E-state index in [9.17, 15) is 4.79 Å². The van der Waals surface area contributed by atoms with Gasteiger partial charge in [0.25, 0.3) is 0 Å². The Kier molecular flexibility index (Phi) is 8.02. The molecule has 1 aromatic heterocycles. The van der Waals surface area contributed by atoms with Crippen LogP contribution in [0.1, 0.15) is 27.2 Å². The minimum Gasteiger partial charge on any atom is -0.460 e. The molecule has 4 nitrogen and oxygen atoms in total. The topological polar surface area (TPSA) is 51.2 Å². The van der Waals surface area contributed by atoms with Crippen LogP contribution in [0.25, 0.3) is 0 Å². The molecule has 1 aromatic rings. The standard InChI is InChI=1S/C14H22N2O2S2/c1-14(2,3)18-13(17)7-9-15-10-11-19-20-12-6-4-5-8-16-12/h4-6,8,15H,7,9-11H2,1-3H3. The lowest BCUT2D eigenvalue weighted by Crippen LogP contribution is -2.27. The highest BCUT2D eigenvalue weighted by atomic mass is 33.1. The monoisotopic (exact) mass is 314 g/mol. The number of ether oxygens (including phenoxy) is 1. The summed E-state index contributed by atoms with van der Waals surface area (Å²) >= 11 is 0. The molecule has 0 aliphatic rings. The average Bonchev–Trinajstić information content (AvgIpc) is 2.37. The summed E-state index contributed by atoms with van der Waals surface area (Å²) in [5.41, 5.74) is -0.397. The fraction of sp³-hybridized carbons (Fsp3) is 0.571. The van der Waals surface area contributed by atoms with Crippen molar-refractivity contribution in [2.24, 2.45) is 0 Å². The Morgan fingerprint density at radius 2 is 2.15 bits per heavy atom. The molecule has 0 aliphatic carbocycles. The van der Waals surface area contributed by atoms with Crippen LogP contribution in [0.15, 0.2) is 29.4 Å². The highest BCUT2D eigenvalue weighted by molar-refractivity contribution is 8.76. The number of rotatable bonds is 8. The van der Waals surface area contributed by atoms with Crippen molar-refractivity contribution in [1.29, 1.82) is 0 Å². The van der Waals surface area contributed by atoms with E-state index in [1.54, 1.807) is 27.8 Å². The molecule has 0 saturated heterocycles. The third kappa shape index (κ3) is 9.23. The van der Waals surface area contributed by atoms with Gasteiger partial charge in [0.1, 0.15) is 10.6 Å². The first kappa shape index (κ1) is 17.3. The second kappa shape index (κ2) is 9.26. The summed E-state index contributed by atoms with van der Waals surface area (Å²) in [6.45, 7) is 7.16. The summed E-state index contributed by atoms with van der Waals surface area (Å²) < 4.78 is 5.23. The van der Waals surface area contributed by atoms with Crippen LogP contribution in [-0.2, 0) is 9.53 Å². The molecule has 0 fully saturated rings. The molecule has 0 bridgehead atoms. The van der Waals surface area contributed by atoms with Crippen LogP contribution in [-0.4, -0.2) is 35.4 Å². The summed E-state index contributed by atoms with van der Waals surface area (Å²) in [5, 5.41) is 4.25. The highest BCUT2D eigenvalue weighted by Crippen LogP contribution is 2.28. The molecule has 0 radical (unpaired) electrons. The quantitative estimate of drug-likeness (QED) is 0.452. The molecule has 0 unspecified atom stereocenters. The van der Waals surface area contributed by atoms with Gasteiger partial charge in [0, 0.05) is 25.0 Å². The lowest BCUT2D eigenvalue weighted by atomic mass is 10.2. The minimum absolute atomic E-state index is 0.152. The maximum Gasteiger partial charge on any atom is 0.307 e. The molecule has 0 aromatic carbocycles. The number of aromatic nitrogens is 1. The number of nitrogens with zero attached hydrogens (tertiary/aromatic N) is 1. The van der Waals surface area contributed by atoms with E-state index < -0.39 is 5.60 Å². The largest absolute Gasteiger partial charge is 0.460 e. The van der Waals surface area contributed by atoms with E-state index in [2.05, 4.69) is 10.3 Å². The SMILES string of the molecule is CC(C)(C)OC(=O)CCNCCSSc1ccccn1. The van der Waals surface area contributed by atoms with Gasteiger partial charge in [0.15, 0.2) is 0 Å². The fourth-order valence-corrected chi connectivity index (χ4v) is 3.15. The highest BCUT2D eigenvalue weighted by Gasteiger charge is 2.15. The Labute approximate surface area is 128 Å². The zero-order valence-corrected chi connectivity index (χ0v) is 13.9. The molecule has 6 heteroatoms. The van der Waals surface area contributed by atoms with E-state index in [4.69, 9.17) is 4.74 Å². The van der Waals surface area contributed by atoms with Crippen molar-refractivity contribution in [2.75, 3.05) is 18.8 Å². The van der Waals surface area contributed by atoms with Gasteiger partial charge in [-0.15, -0.1) is 0 Å². The van der Waals surface area contributed by atoms with Gasteiger partial charge in [-0.25, -0.2) is 4.98 Å². The fourth-order valence-electron chi connectivity index (χ4n) is 1.32. The van der Waals surface area contributed by atoms with Gasteiger partial charge >= 0.3 is 5.97 Å². The van der Waals surface area contributed by atoms with Crippen LogP contribution in [0.4, 0.5) is 0 Å². The van der Waals surface area contributed by atoms with Gasteiger partial charge in [-0.1, -0.05) is 16.9 Å². The van der Waals surface area contributed by atoms with Crippen molar-refractivity contribution in [3.63, 3.8) is 0 Å². The molecule has 0 amide bonds. The van der Waals surface area contributed by atoms with Crippen molar-refractivity contribution >= 4 is 27.6 Å². The zero-order valence-electron chi connectivity index (χ0n) is 12.2. The Morgan fingerprint density at radius 1 is 1.35 bits per heavy atom. The van der Waals surface area contributed by atoms with Crippen LogP contribution >= 0.6 is 21.6 Å². The zero-order chi connectivity index (χ0) is 14.8. The van der Waals surface area contributed by atoms with Crippen LogP contribution in [0.2, 0.25) is 0 Å². The van der Waals surface area contributed by atoms with Crippen molar-refractivity contribution in [2.45, 2.75) is 37.8 Å². The van der Waals surface area contributed by atoms with E-state index in [0.717, 1.165) is 17.3 Å². The van der Waals surface area contributed by atoms with Gasteiger partial charge < -0.3 is 10.1 Å². The van der Waals surface area contributed by atoms with Crippen molar-refractivity contribution in [3.8, 4) is 0 Å². The summed E-state index contributed by atoms with van der Waals surface area (Å²) in [6.07, 6.45) is 2.21. The van der Waals surface area contributed by atoms with Crippen LogP contribution in [0, 0.1) is 0 Å². The van der Waals surface area contributed by atoms with E-state index in [0.29, 0.717) is 13.0 Å². The molecule has 0 saturated carbocycles. The van der Waals surface area contributed by atoms with Crippen LogP contribution in [0.3, 0.4) is 0 Å². The lowest BCUT2D eigenvalue weighted by Gasteiger charge is -2.19. The average molecular weight is 314 g/mol. The number of hydrogen-bond acceptors (Lipinski definition) is 6. The summed E-state index contributed by atoms with van der Waals surface area (Å²) in [6, 6.07) is 5.88. The molecule has 0 aliphatic heterocycles. The first-order valence-corrected chi connectivity index (χ1v) is 8.92. The minimum atomic E-state index is -0.397. The Bertz CT molecular complexity index is 394. The number of carbonyl (C=O) groups is 1. The van der Waals surface area contributed by atoms with Crippen molar-refractivity contribution < 1.29 is 9.53 Å². The maximum absolute atomic E-state index is 11.5. The second-order valence-electron chi connectivity index (χ2n) is 5.16. The molecule has 112 valence electrons. The first-order chi connectivity index (χ1) is 9.47. The van der Waals surface area contributed by atoms with Gasteiger partial charge in [0.05, 0.1) is 6.42 Å². The molecule has 0 spiro atoms. The number of hydrogen-bond donors (Lipinski definition) is 1. The maximum atomic E-state index is 11.5. The van der Waals surface area contributed by atoms with Crippen LogP contribution < -0.4 is 5.32 Å². The van der Waals surface area contributed by atoms with Gasteiger partial charge in [0.2, 0.25) is 0 Å². The van der Waals surface area contributed by atoms with E-state index in [-0.39, 0.29) is 5.97 Å². The smallest absolute Gasteiger partial charge is 0.307 e. The molecular formula is C14H22N2O2S2. The molecule has 1 rings (SSSR count). The van der Waals surface area contributed by atoms with Gasteiger partial charge in [-0.05, 0) is 43.7 Å². The number of esters is 1. The summed E-state index contributed by atoms with van der Waals surface area (Å²) in [4.78, 5) is 15.7. The van der Waals surface area contributed by atoms with E-state index in [1.807, 2.05) is 39.0 Å². The normalized spacial score (nSPS) is 11.3. The first-order valence-electron chi connectivity index (χ1n) is 6.60. The van der Waals surface area contributed by atoms with Crippen molar-refractivity contribution in [1.82, 2.24) is 10.3 Å². The molecule has 1 N–H and O–H groups in total. The third-order valence-electron chi connectivity index (χ3n) is 2.07. The molecule has 0 atom stereocenters. The lowest BCUT2D eigenvalue weighted by molar-refractivity contribution is -0.154. The number of pyridine rings is 1. The predicted octanol–water partition coefficient (Wildman–Crippen LogP) is 3.14. The predicted molar refractivity (Wildman–Crippen MR) is 85.9 cm³/mol. The van der Waals surface area contributed by atoms with Gasteiger partial charge in [-0.3, -0.25) is 4.79 Å². The number of nitrogens with one attached hydrogen (secondary N) is 1. The van der Waals surface area contributed by atoms with Crippen molar-refractivity contribution in [3.05, 3.63) is 24.4 Å². The van der Waals surface area contributed by atoms with Gasteiger partial charge in [-0.2, -0.15) is 0 Å². The Hall–Kier alpha value is -0.720. The summed E-state index contributed by atoms with van der Waals surface area (Å²) in [5.74, 6) is 0.816. The Balaban J connectivity index is 1.96. The van der Waals surface area contributed by atoms with E-state index >= 15 is 0 Å².